The maximum atomic E-state index is 11.6. The van der Waals surface area contributed by atoms with E-state index in [9.17, 15) is 4.79 Å². The molecule has 0 bridgehead atoms. The third-order valence-corrected chi connectivity index (χ3v) is 2.52. The highest BCUT2D eigenvalue weighted by Gasteiger charge is 2.05. The van der Waals surface area contributed by atoms with E-state index in [1.807, 2.05) is 36.4 Å². The van der Waals surface area contributed by atoms with E-state index in [2.05, 4.69) is 4.99 Å². The normalized spacial score (nSPS) is 10.6. The van der Waals surface area contributed by atoms with Crippen molar-refractivity contribution in [2.24, 2.45) is 4.99 Å². The standard InChI is InChI=1S/C16H15NO2/c1-2-19-16(18)14-9-6-10-15(11-14)17-12-13-7-4-3-5-8-13/h3-12H,2H2,1H3. The molecule has 2 aromatic rings. The summed E-state index contributed by atoms with van der Waals surface area (Å²) in [6.45, 7) is 2.16. The van der Waals surface area contributed by atoms with Crippen LogP contribution in [0.25, 0.3) is 0 Å². The number of aliphatic imine (C=N–C) groups is 1. The van der Waals surface area contributed by atoms with Gasteiger partial charge in [0, 0.05) is 6.21 Å². The summed E-state index contributed by atoms with van der Waals surface area (Å²) < 4.78 is 4.95. The van der Waals surface area contributed by atoms with Gasteiger partial charge in [0.05, 0.1) is 17.9 Å². The summed E-state index contributed by atoms with van der Waals surface area (Å²) in [5.41, 5.74) is 2.27. The van der Waals surface area contributed by atoms with Crippen LogP contribution in [0.1, 0.15) is 22.8 Å². The van der Waals surface area contributed by atoms with Crippen LogP contribution in [-0.2, 0) is 4.74 Å². The van der Waals surface area contributed by atoms with Gasteiger partial charge in [-0.25, -0.2) is 4.79 Å². The van der Waals surface area contributed by atoms with Crippen LogP contribution in [-0.4, -0.2) is 18.8 Å². The highest BCUT2D eigenvalue weighted by atomic mass is 16.5. The zero-order chi connectivity index (χ0) is 13.5. The minimum Gasteiger partial charge on any atom is -0.462 e. The third-order valence-electron chi connectivity index (χ3n) is 2.52. The molecular formula is C16H15NO2. The molecule has 19 heavy (non-hydrogen) atoms. The lowest BCUT2D eigenvalue weighted by atomic mass is 10.2. The van der Waals surface area contributed by atoms with Crippen molar-refractivity contribution >= 4 is 17.9 Å². The molecule has 96 valence electrons. The Hall–Kier alpha value is -2.42. The Balaban J connectivity index is 2.15. The molecule has 2 rings (SSSR count). The van der Waals surface area contributed by atoms with Gasteiger partial charge < -0.3 is 4.74 Å². The van der Waals surface area contributed by atoms with E-state index in [0.717, 1.165) is 11.3 Å². The lowest BCUT2D eigenvalue weighted by Gasteiger charge is -2.02. The third kappa shape index (κ3) is 3.78. The summed E-state index contributed by atoms with van der Waals surface area (Å²) in [7, 11) is 0. The smallest absolute Gasteiger partial charge is 0.338 e. The summed E-state index contributed by atoms with van der Waals surface area (Å²) in [5.74, 6) is -0.320. The monoisotopic (exact) mass is 253 g/mol. The van der Waals surface area contributed by atoms with Gasteiger partial charge in [-0.3, -0.25) is 4.99 Å². The van der Waals surface area contributed by atoms with Gasteiger partial charge in [-0.1, -0.05) is 36.4 Å². The van der Waals surface area contributed by atoms with Crippen LogP contribution in [0.15, 0.2) is 59.6 Å². The highest BCUT2D eigenvalue weighted by Crippen LogP contribution is 2.15. The van der Waals surface area contributed by atoms with Gasteiger partial charge in [0.15, 0.2) is 0 Å². The van der Waals surface area contributed by atoms with Crippen molar-refractivity contribution in [2.75, 3.05) is 6.61 Å². The molecule has 0 saturated carbocycles. The Morgan fingerprint density at radius 3 is 2.68 bits per heavy atom. The average molecular weight is 253 g/mol. The summed E-state index contributed by atoms with van der Waals surface area (Å²) >= 11 is 0. The number of esters is 1. The zero-order valence-electron chi connectivity index (χ0n) is 10.7. The molecule has 0 spiro atoms. The van der Waals surface area contributed by atoms with E-state index in [1.54, 1.807) is 31.3 Å². The number of carbonyl (C=O) groups excluding carboxylic acids is 1. The first-order valence-corrected chi connectivity index (χ1v) is 6.16. The van der Waals surface area contributed by atoms with Gasteiger partial charge in [-0.15, -0.1) is 0 Å². The molecule has 0 N–H and O–H groups in total. The van der Waals surface area contributed by atoms with E-state index in [0.29, 0.717) is 12.2 Å². The topological polar surface area (TPSA) is 38.7 Å². The molecule has 0 amide bonds. The van der Waals surface area contributed by atoms with Crippen molar-refractivity contribution in [3.8, 4) is 0 Å². The molecule has 0 atom stereocenters. The molecule has 2 aromatic carbocycles. The summed E-state index contributed by atoms with van der Waals surface area (Å²) in [5, 5.41) is 0. The average Bonchev–Trinajstić information content (AvgIpc) is 2.47. The second-order valence-corrected chi connectivity index (χ2v) is 3.94. The second kappa shape index (κ2) is 6.50. The molecule has 0 unspecified atom stereocenters. The zero-order valence-corrected chi connectivity index (χ0v) is 10.7. The molecular weight excluding hydrogens is 238 g/mol. The Morgan fingerprint density at radius 2 is 1.95 bits per heavy atom. The number of nitrogens with zero attached hydrogens (tertiary/aromatic N) is 1. The van der Waals surface area contributed by atoms with Gasteiger partial charge in [-0.05, 0) is 30.7 Å². The van der Waals surface area contributed by atoms with Crippen LogP contribution < -0.4 is 0 Å². The predicted molar refractivity (Wildman–Crippen MR) is 76.1 cm³/mol. The van der Waals surface area contributed by atoms with Crippen molar-refractivity contribution < 1.29 is 9.53 Å². The summed E-state index contributed by atoms with van der Waals surface area (Å²) in [6, 6.07) is 16.9. The molecule has 3 nitrogen and oxygen atoms in total. The molecule has 0 fully saturated rings. The van der Waals surface area contributed by atoms with Crippen molar-refractivity contribution in [2.45, 2.75) is 6.92 Å². The SMILES string of the molecule is CCOC(=O)c1cccc(N=Cc2ccccc2)c1. The Labute approximate surface area is 112 Å². The molecule has 0 heterocycles. The van der Waals surface area contributed by atoms with E-state index in [4.69, 9.17) is 4.74 Å². The number of hydrogen-bond acceptors (Lipinski definition) is 3. The first kappa shape index (κ1) is 13.0. The minimum atomic E-state index is -0.320. The Kier molecular flexibility index (Phi) is 4.45. The van der Waals surface area contributed by atoms with Crippen LogP contribution in [0.4, 0.5) is 5.69 Å². The fraction of sp³-hybridized carbons (Fsp3) is 0.125. The van der Waals surface area contributed by atoms with Gasteiger partial charge in [0.1, 0.15) is 0 Å². The van der Waals surface area contributed by atoms with E-state index < -0.39 is 0 Å². The van der Waals surface area contributed by atoms with Crippen molar-refractivity contribution in [3.63, 3.8) is 0 Å². The maximum Gasteiger partial charge on any atom is 0.338 e. The number of rotatable bonds is 4. The number of hydrogen-bond donors (Lipinski definition) is 0. The van der Waals surface area contributed by atoms with Crippen LogP contribution in [0, 0.1) is 0 Å². The van der Waals surface area contributed by atoms with E-state index in [-0.39, 0.29) is 5.97 Å². The lowest BCUT2D eigenvalue weighted by Crippen LogP contribution is -2.03. The quantitative estimate of drug-likeness (QED) is 0.616. The molecule has 0 aromatic heterocycles. The number of benzene rings is 2. The Bertz CT molecular complexity index is 576. The molecule has 0 radical (unpaired) electrons. The van der Waals surface area contributed by atoms with Crippen LogP contribution in [0.5, 0.6) is 0 Å². The van der Waals surface area contributed by atoms with Crippen LogP contribution >= 0.6 is 0 Å². The minimum absolute atomic E-state index is 0.320. The van der Waals surface area contributed by atoms with Crippen molar-refractivity contribution in [1.29, 1.82) is 0 Å². The summed E-state index contributed by atoms with van der Waals surface area (Å²) in [6.07, 6.45) is 1.77. The summed E-state index contributed by atoms with van der Waals surface area (Å²) in [4.78, 5) is 15.9. The molecule has 0 aliphatic heterocycles. The van der Waals surface area contributed by atoms with Gasteiger partial charge in [0.2, 0.25) is 0 Å². The number of carbonyl (C=O) groups is 1. The highest BCUT2D eigenvalue weighted by molar-refractivity contribution is 5.91. The first-order chi connectivity index (χ1) is 9.29. The van der Waals surface area contributed by atoms with Crippen LogP contribution in [0.2, 0.25) is 0 Å². The second-order valence-electron chi connectivity index (χ2n) is 3.94. The van der Waals surface area contributed by atoms with Crippen molar-refractivity contribution in [3.05, 3.63) is 65.7 Å². The first-order valence-electron chi connectivity index (χ1n) is 6.16. The van der Waals surface area contributed by atoms with Gasteiger partial charge in [-0.2, -0.15) is 0 Å². The van der Waals surface area contributed by atoms with E-state index in [1.165, 1.54) is 0 Å². The molecule has 3 heteroatoms. The number of ether oxygens (including phenoxy) is 1. The fourth-order valence-electron chi connectivity index (χ4n) is 1.62. The largest absolute Gasteiger partial charge is 0.462 e. The molecule has 0 saturated heterocycles. The van der Waals surface area contributed by atoms with Gasteiger partial charge in [0.25, 0.3) is 0 Å². The lowest BCUT2D eigenvalue weighted by molar-refractivity contribution is 0.0526. The van der Waals surface area contributed by atoms with E-state index >= 15 is 0 Å². The maximum absolute atomic E-state index is 11.6. The molecule has 0 aliphatic rings. The van der Waals surface area contributed by atoms with Gasteiger partial charge >= 0.3 is 5.97 Å². The van der Waals surface area contributed by atoms with Crippen LogP contribution in [0.3, 0.4) is 0 Å². The predicted octanol–water partition coefficient (Wildman–Crippen LogP) is 3.61. The molecule has 0 aliphatic carbocycles. The Morgan fingerprint density at radius 1 is 1.16 bits per heavy atom. The van der Waals surface area contributed by atoms with Crippen molar-refractivity contribution in [1.82, 2.24) is 0 Å². The fourth-order valence-corrected chi connectivity index (χ4v) is 1.62.